The van der Waals surface area contributed by atoms with Crippen LogP contribution in [0.5, 0.6) is 0 Å². The maximum atomic E-state index is 13.2. The summed E-state index contributed by atoms with van der Waals surface area (Å²) in [6.45, 7) is -0.561. The fourth-order valence-corrected chi connectivity index (χ4v) is 9.80. The van der Waals surface area contributed by atoms with Crippen LogP contribution in [0.4, 0.5) is 10.8 Å². The summed E-state index contributed by atoms with van der Waals surface area (Å²) in [7, 11) is 0. The number of rotatable bonds is 19. The van der Waals surface area contributed by atoms with Crippen LogP contribution in [0, 0.1) is 0 Å². The van der Waals surface area contributed by atoms with Gasteiger partial charge in [0.15, 0.2) is 24.0 Å². The van der Waals surface area contributed by atoms with Crippen LogP contribution >= 0.6 is 11.3 Å². The molecule has 6 heterocycles. The number of ether oxygens (including phenoxy) is 6. The predicted molar refractivity (Wildman–Crippen MR) is 255 cm³/mol. The van der Waals surface area contributed by atoms with Crippen molar-refractivity contribution in [2.24, 2.45) is 40.1 Å². The molecule has 0 radical (unpaired) electrons. The molecule has 0 spiro atoms. The fraction of sp³-hybridized carbons (Fsp3) is 0.628. The quantitative estimate of drug-likeness (QED) is 0.0415. The maximum Gasteiger partial charge on any atom is 0.243 e. The number of nitrogens with two attached hydrogens (primary N) is 7. The van der Waals surface area contributed by atoms with Gasteiger partial charge in [-0.3, -0.25) is 9.59 Å². The summed E-state index contributed by atoms with van der Waals surface area (Å²) in [5.74, 6) is -0.734. The number of imidazole rings is 1. The predicted octanol–water partition coefficient (Wildman–Crippen LogP) is -6.67. The minimum absolute atomic E-state index is 0.00272. The third-order valence-corrected chi connectivity index (χ3v) is 14.0. The second-order valence-corrected chi connectivity index (χ2v) is 19.4. The van der Waals surface area contributed by atoms with Gasteiger partial charge >= 0.3 is 0 Å². The molecule has 1 aliphatic carbocycles. The number of thiazole rings is 1. The molecule has 3 aliphatic heterocycles. The van der Waals surface area contributed by atoms with E-state index in [1.165, 1.54) is 22.3 Å². The lowest BCUT2D eigenvalue weighted by Gasteiger charge is -2.47. The van der Waals surface area contributed by atoms with Crippen molar-refractivity contribution in [2.75, 3.05) is 23.7 Å². The molecule has 4 fully saturated rings. The van der Waals surface area contributed by atoms with Gasteiger partial charge < -0.3 is 115 Å². The van der Waals surface area contributed by atoms with Crippen LogP contribution in [0.2, 0.25) is 0 Å². The number of hydrogen-bond acceptors (Lipinski definition) is 26. The summed E-state index contributed by atoms with van der Waals surface area (Å²) < 4.78 is 37.9. The molecule has 1 saturated carbocycles. The van der Waals surface area contributed by atoms with E-state index in [0.717, 1.165) is 5.69 Å². The molecular formula is C43H65N15O14S. The number of aromatic nitrogens is 6. The van der Waals surface area contributed by atoms with Gasteiger partial charge in [-0.2, -0.15) is 0 Å². The lowest BCUT2D eigenvalue weighted by atomic mass is 9.84. The molecule has 1 aromatic carbocycles. The van der Waals surface area contributed by atoms with Crippen LogP contribution in [0.15, 0.2) is 48.4 Å². The van der Waals surface area contributed by atoms with E-state index in [2.05, 4.69) is 35.9 Å². The molecule has 3 aromatic heterocycles. The number of aryl methyl sites for hydroxylation is 1. The van der Waals surface area contributed by atoms with Gasteiger partial charge in [-0.15, -0.1) is 16.4 Å². The topological polar surface area (TPSA) is 489 Å². The highest BCUT2D eigenvalue weighted by Gasteiger charge is 2.54. The summed E-state index contributed by atoms with van der Waals surface area (Å²) >= 11 is 1.23. The number of aliphatic hydroxyl groups is 6. The van der Waals surface area contributed by atoms with Crippen LogP contribution in [-0.2, 0) is 57.4 Å². The van der Waals surface area contributed by atoms with Crippen molar-refractivity contribution in [1.82, 2.24) is 29.9 Å². The van der Waals surface area contributed by atoms with Gasteiger partial charge in [0.1, 0.15) is 67.1 Å². The number of H-pyrrole nitrogens is 1. The molecule has 8 rings (SSSR count). The maximum absolute atomic E-state index is 13.2. The molecule has 4 aromatic rings. The van der Waals surface area contributed by atoms with Crippen LogP contribution in [-0.4, -0.2) is 208 Å². The molecule has 73 heavy (non-hydrogen) atoms. The SMILES string of the molecule is NC[C@@H]1O[C@H](O[C@H]2[C@@H](O)[C@H](O[C@@H]3[C@@H](O)[C@H](N)C[C@H](N)[C@H]3O[C@H]3O[C@H](CN)[C@@H](O)[C@H](O)[C@H]3N)O[C@@H]2Cn2cc(CCC(=O)Nc3cccc(-c4csc(NC(=O)[C@@H](N)Cc5cnc[nH]5)n4)c3)nn2)[C@H](N)[C@@H](O)[C@@H]1O. The molecule has 0 bridgehead atoms. The molecule has 23 N–H and O–H groups in total. The Bertz CT molecular complexity index is 2420. The van der Waals surface area contributed by atoms with E-state index >= 15 is 0 Å². The van der Waals surface area contributed by atoms with Crippen LogP contribution in [0.1, 0.15) is 24.2 Å². The van der Waals surface area contributed by atoms with Crippen molar-refractivity contribution >= 4 is 34.0 Å². The van der Waals surface area contributed by atoms with Crippen molar-refractivity contribution in [3.63, 3.8) is 0 Å². The smallest absolute Gasteiger partial charge is 0.243 e. The zero-order valence-corrected chi connectivity index (χ0v) is 40.1. The van der Waals surface area contributed by atoms with E-state index in [0.29, 0.717) is 27.8 Å². The first kappa shape index (κ1) is 54.6. The lowest BCUT2D eigenvalue weighted by molar-refractivity contribution is -0.306. The van der Waals surface area contributed by atoms with Crippen molar-refractivity contribution < 1.29 is 68.6 Å². The van der Waals surface area contributed by atoms with Gasteiger partial charge in [-0.05, 0) is 18.6 Å². The first-order valence-electron chi connectivity index (χ1n) is 23.6. The first-order chi connectivity index (χ1) is 34.9. The highest BCUT2D eigenvalue weighted by Crippen LogP contribution is 2.35. The fourth-order valence-electron chi connectivity index (χ4n) is 9.08. The number of carbonyl (C=O) groups excluding carboxylic acids is 2. The van der Waals surface area contributed by atoms with E-state index in [-0.39, 0.29) is 51.2 Å². The van der Waals surface area contributed by atoms with Gasteiger partial charge in [0.05, 0.1) is 48.5 Å². The normalized spacial score (nSPS) is 36.2. The van der Waals surface area contributed by atoms with Gasteiger partial charge in [0.25, 0.3) is 0 Å². The number of carbonyl (C=O) groups is 2. The molecule has 0 unspecified atom stereocenters. The molecule has 2 amide bonds. The molecule has 4 aliphatic rings. The summed E-state index contributed by atoms with van der Waals surface area (Å²) in [4.78, 5) is 37.3. The number of amides is 2. The highest BCUT2D eigenvalue weighted by atomic mass is 32.1. The Labute approximate surface area is 420 Å². The number of hydrogen-bond donors (Lipinski definition) is 16. The Hall–Kier alpha value is -4.62. The Kier molecular flexibility index (Phi) is 17.9. The number of anilines is 2. The van der Waals surface area contributed by atoms with Crippen molar-refractivity contribution in [3.05, 3.63) is 59.8 Å². The Balaban J connectivity index is 0.917. The minimum Gasteiger partial charge on any atom is -0.389 e. The summed E-state index contributed by atoms with van der Waals surface area (Å²) in [6.07, 6.45) is -15.6. The number of nitrogens with one attached hydrogen (secondary N) is 3. The highest BCUT2D eigenvalue weighted by molar-refractivity contribution is 7.14. The van der Waals surface area contributed by atoms with E-state index < -0.39 is 128 Å². The number of nitrogens with zero attached hydrogens (tertiary/aromatic N) is 5. The zero-order valence-electron chi connectivity index (χ0n) is 39.3. The molecule has 30 heteroatoms. The molecule has 29 nitrogen and oxygen atoms in total. The summed E-state index contributed by atoms with van der Waals surface area (Å²) in [5, 5.41) is 81.8. The van der Waals surface area contributed by atoms with E-state index in [1.807, 2.05) is 6.07 Å². The first-order valence-corrected chi connectivity index (χ1v) is 24.5. The van der Waals surface area contributed by atoms with Gasteiger partial charge in [-0.1, -0.05) is 17.3 Å². The average Bonchev–Trinajstić information content (AvgIpc) is 4.21. The van der Waals surface area contributed by atoms with Crippen molar-refractivity contribution in [3.8, 4) is 11.3 Å². The Morgan fingerprint density at radius 1 is 0.822 bits per heavy atom. The van der Waals surface area contributed by atoms with Crippen molar-refractivity contribution in [2.45, 2.75) is 155 Å². The number of aliphatic hydroxyl groups excluding tert-OH is 6. The average molecular weight is 1050 g/mol. The summed E-state index contributed by atoms with van der Waals surface area (Å²) in [5.41, 5.74) is 45.8. The largest absolute Gasteiger partial charge is 0.389 e. The minimum atomic E-state index is -1.68. The molecule has 402 valence electrons. The Morgan fingerprint density at radius 3 is 2.14 bits per heavy atom. The second-order valence-electron chi connectivity index (χ2n) is 18.5. The van der Waals surface area contributed by atoms with Gasteiger partial charge in [-0.25, -0.2) is 14.6 Å². The number of aromatic amines is 1. The van der Waals surface area contributed by atoms with Crippen LogP contribution in [0.25, 0.3) is 11.3 Å². The van der Waals surface area contributed by atoms with Crippen molar-refractivity contribution in [1.29, 1.82) is 0 Å². The van der Waals surface area contributed by atoms with E-state index in [1.54, 1.807) is 36.0 Å². The monoisotopic (exact) mass is 1050 g/mol. The van der Waals surface area contributed by atoms with Crippen LogP contribution in [0.3, 0.4) is 0 Å². The van der Waals surface area contributed by atoms with Gasteiger partial charge in [0, 0.05) is 79.2 Å². The van der Waals surface area contributed by atoms with E-state index in [4.69, 9.17) is 68.6 Å². The Morgan fingerprint density at radius 2 is 1.48 bits per heavy atom. The van der Waals surface area contributed by atoms with Crippen LogP contribution < -0.4 is 50.8 Å². The third-order valence-electron chi connectivity index (χ3n) is 13.3. The van der Waals surface area contributed by atoms with E-state index in [9.17, 15) is 40.2 Å². The molecule has 3 saturated heterocycles. The standard InChI is InChI=1S/C43H65N15O14S/c44-9-24-31(61)33(63)28(49)40(67-24)70-36-21(47)8-20(46)30(60)38(36)72-42-35(65)37(71-41-29(50)34(64)32(62)25(10-45)68-41)26(69-42)13-58-12-18(56-57-58)4-5-27(59)53-17-3-1-2-16(6-17)23-14-73-43(54-23)55-39(66)22(48)7-19-11-51-15-52-19/h1-3,6,11-12,14-15,20-22,24-26,28-38,40-42,60-65H,4-5,7-10,13,44-50H2,(H,51,52)(H,53,59)(H,54,55,66)/t20-,21+,22+,24-,25+,26-,28-,29-,30+,31-,32-,33-,34-,35-,36-,37-,38-,40-,41-,42+/m1/s1. The lowest BCUT2D eigenvalue weighted by Crippen LogP contribution is -2.68. The third kappa shape index (κ3) is 12.6. The molecule has 20 atom stereocenters. The second kappa shape index (κ2) is 23.9. The summed E-state index contributed by atoms with van der Waals surface area (Å²) in [6, 6.07) is 1.76. The van der Waals surface area contributed by atoms with Gasteiger partial charge in [0.2, 0.25) is 11.8 Å². The zero-order chi connectivity index (χ0) is 52.2. The number of benzene rings is 1. The molecular weight excluding hydrogens is 983 g/mol.